The van der Waals surface area contributed by atoms with Crippen LogP contribution in [0.2, 0.25) is 0 Å². The third-order valence-corrected chi connectivity index (χ3v) is 6.50. The van der Waals surface area contributed by atoms with Crippen molar-refractivity contribution in [1.82, 2.24) is 0 Å². The van der Waals surface area contributed by atoms with E-state index in [1.165, 1.54) is 0 Å². The van der Waals surface area contributed by atoms with Crippen molar-refractivity contribution < 1.29 is 0 Å². The summed E-state index contributed by atoms with van der Waals surface area (Å²) in [5.74, 6) is 0.546. The van der Waals surface area contributed by atoms with Crippen molar-refractivity contribution in [3.05, 3.63) is 12.3 Å². The van der Waals surface area contributed by atoms with Gasteiger partial charge in [-0.25, -0.2) is 0 Å². The van der Waals surface area contributed by atoms with Crippen LogP contribution in [0.1, 0.15) is 69.2 Å². The fourth-order valence-corrected chi connectivity index (χ4v) is 2.95. The van der Waals surface area contributed by atoms with Gasteiger partial charge in [-0.1, -0.05) is 75.8 Å². The van der Waals surface area contributed by atoms with Crippen LogP contribution >= 0.6 is 0 Å². The molecule has 0 heterocycles. The molecule has 2 N–H and O–H groups in total. The second-order valence-electron chi connectivity index (χ2n) is 8.40. The van der Waals surface area contributed by atoms with Gasteiger partial charge in [-0.3, -0.25) is 0 Å². The van der Waals surface area contributed by atoms with Gasteiger partial charge in [-0.15, -0.1) is 0 Å². The van der Waals surface area contributed by atoms with Crippen molar-refractivity contribution in [2.45, 2.75) is 69.2 Å². The molecule has 0 bridgehead atoms. The first-order valence-electron chi connectivity index (χ1n) is 7.09. The van der Waals surface area contributed by atoms with Crippen molar-refractivity contribution in [2.75, 3.05) is 0 Å². The van der Waals surface area contributed by atoms with Crippen LogP contribution in [0.3, 0.4) is 0 Å². The quantitative estimate of drug-likeness (QED) is 0.730. The highest BCUT2D eigenvalue weighted by Gasteiger charge is 2.57. The molecule has 18 heavy (non-hydrogen) atoms. The molecule has 0 aromatic rings. The molecule has 0 aromatic carbocycles. The average molecular weight is 253 g/mol. The Balaban J connectivity index is 6.10. The van der Waals surface area contributed by atoms with Gasteiger partial charge in [-0.05, 0) is 22.2 Å². The Morgan fingerprint density at radius 2 is 1.22 bits per heavy atom. The van der Waals surface area contributed by atoms with E-state index >= 15 is 0 Å². The van der Waals surface area contributed by atoms with Crippen LogP contribution in [0.5, 0.6) is 0 Å². The van der Waals surface area contributed by atoms with Crippen molar-refractivity contribution in [3.8, 4) is 0 Å². The first kappa shape index (κ1) is 17.5. The highest BCUT2D eigenvalue weighted by atomic mass is 14.7. The van der Waals surface area contributed by atoms with E-state index in [4.69, 9.17) is 5.73 Å². The minimum atomic E-state index is -0.119. The van der Waals surface area contributed by atoms with E-state index in [-0.39, 0.29) is 21.7 Å². The van der Waals surface area contributed by atoms with E-state index in [1.807, 2.05) is 0 Å². The highest BCUT2D eigenvalue weighted by molar-refractivity contribution is 5.19. The summed E-state index contributed by atoms with van der Waals surface area (Å²) in [4.78, 5) is 0. The maximum atomic E-state index is 6.28. The Kier molecular flexibility index (Phi) is 4.46. The summed E-state index contributed by atoms with van der Waals surface area (Å²) in [5, 5.41) is 0. The zero-order valence-electron chi connectivity index (χ0n) is 14.4. The van der Waals surface area contributed by atoms with Gasteiger partial charge in [-0.2, -0.15) is 0 Å². The van der Waals surface area contributed by atoms with Gasteiger partial charge in [0.1, 0.15) is 0 Å². The maximum absolute atomic E-state index is 6.28. The molecule has 1 nitrogen and oxygen atoms in total. The summed E-state index contributed by atoms with van der Waals surface area (Å²) >= 11 is 0. The van der Waals surface area contributed by atoms with Gasteiger partial charge in [0.15, 0.2) is 0 Å². The molecule has 0 aliphatic carbocycles. The van der Waals surface area contributed by atoms with Crippen LogP contribution in [0.25, 0.3) is 0 Å². The Hall–Kier alpha value is -0.460. The molecule has 0 radical (unpaired) electrons. The molecule has 0 aliphatic rings. The van der Waals surface area contributed by atoms with Crippen LogP contribution in [0, 0.1) is 27.6 Å². The van der Waals surface area contributed by atoms with Crippen LogP contribution < -0.4 is 5.73 Å². The van der Waals surface area contributed by atoms with Gasteiger partial charge in [0.05, 0.1) is 0 Å². The average Bonchev–Trinajstić information content (AvgIpc) is 2.13. The first-order chi connectivity index (χ1) is 7.64. The lowest BCUT2D eigenvalue weighted by atomic mass is 9.44. The third kappa shape index (κ3) is 2.21. The lowest BCUT2D eigenvalue weighted by molar-refractivity contribution is -0.0927. The molecule has 0 saturated heterocycles. The van der Waals surface area contributed by atoms with Gasteiger partial charge >= 0.3 is 0 Å². The molecule has 0 aromatic heterocycles. The predicted octanol–water partition coefficient (Wildman–Crippen LogP) is 5.22. The molecule has 0 spiro atoms. The smallest absolute Gasteiger partial charge is 0.0174 e. The minimum Gasteiger partial charge on any atom is -0.402 e. The SMILES string of the molecule is C=C(N)C(C)(C(C)(C)C(C)C)C(C)(C)C(C)(C)C. The van der Waals surface area contributed by atoms with E-state index in [2.05, 4.69) is 75.8 Å². The van der Waals surface area contributed by atoms with Gasteiger partial charge in [0.2, 0.25) is 0 Å². The summed E-state index contributed by atoms with van der Waals surface area (Å²) in [7, 11) is 0. The molecule has 1 atom stereocenters. The molecule has 0 amide bonds. The number of nitrogens with two attached hydrogens (primary N) is 1. The van der Waals surface area contributed by atoms with Gasteiger partial charge in [0, 0.05) is 11.1 Å². The van der Waals surface area contributed by atoms with Gasteiger partial charge in [0.25, 0.3) is 0 Å². The van der Waals surface area contributed by atoms with Crippen molar-refractivity contribution in [2.24, 2.45) is 33.3 Å². The lowest BCUT2D eigenvalue weighted by Gasteiger charge is -2.61. The highest BCUT2D eigenvalue weighted by Crippen LogP contribution is 2.63. The summed E-state index contributed by atoms with van der Waals surface area (Å²) < 4.78 is 0. The molecule has 0 aliphatic heterocycles. The number of rotatable bonds is 4. The summed E-state index contributed by atoms with van der Waals surface area (Å²) in [6.07, 6.45) is 0. The Labute approximate surface area is 115 Å². The van der Waals surface area contributed by atoms with E-state index in [1.54, 1.807) is 0 Å². The fourth-order valence-electron chi connectivity index (χ4n) is 2.95. The van der Waals surface area contributed by atoms with Crippen LogP contribution in [0.4, 0.5) is 0 Å². The second kappa shape index (κ2) is 4.58. The Morgan fingerprint density at radius 3 is 1.39 bits per heavy atom. The van der Waals surface area contributed by atoms with E-state index in [9.17, 15) is 0 Å². The fraction of sp³-hybridized carbons (Fsp3) is 0.882. The molecular formula is C17H35N. The largest absolute Gasteiger partial charge is 0.402 e. The molecule has 0 saturated carbocycles. The Bertz CT molecular complexity index is 315. The molecule has 108 valence electrons. The Morgan fingerprint density at radius 1 is 0.889 bits per heavy atom. The van der Waals surface area contributed by atoms with Crippen molar-refractivity contribution in [1.29, 1.82) is 0 Å². The second-order valence-corrected chi connectivity index (χ2v) is 8.40. The molecule has 0 fully saturated rings. The van der Waals surface area contributed by atoms with Crippen LogP contribution in [-0.4, -0.2) is 0 Å². The molecule has 0 rings (SSSR count). The molecule has 1 unspecified atom stereocenters. The molecule has 1 heteroatoms. The van der Waals surface area contributed by atoms with E-state index in [0.717, 1.165) is 5.70 Å². The molecular weight excluding hydrogens is 218 g/mol. The van der Waals surface area contributed by atoms with Crippen LogP contribution in [0.15, 0.2) is 12.3 Å². The maximum Gasteiger partial charge on any atom is 0.0174 e. The summed E-state index contributed by atoms with van der Waals surface area (Å²) in [6.45, 7) is 27.2. The van der Waals surface area contributed by atoms with Crippen molar-refractivity contribution >= 4 is 0 Å². The number of hydrogen-bond donors (Lipinski definition) is 1. The minimum absolute atomic E-state index is 0.0552. The monoisotopic (exact) mass is 253 g/mol. The van der Waals surface area contributed by atoms with E-state index in [0.29, 0.717) is 5.92 Å². The number of hydrogen-bond acceptors (Lipinski definition) is 1. The normalized spacial score (nSPS) is 17.7. The topological polar surface area (TPSA) is 26.0 Å². The first-order valence-corrected chi connectivity index (χ1v) is 7.09. The van der Waals surface area contributed by atoms with E-state index < -0.39 is 0 Å². The van der Waals surface area contributed by atoms with Gasteiger partial charge < -0.3 is 5.73 Å². The predicted molar refractivity (Wildman–Crippen MR) is 83.3 cm³/mol. The lowest BCUT2D eigenvalue weighted by Crippen LogP contribution is -2.56. The summed E-state index contributed by atoms with van der Waals surface area (Å²) in [6, 6.07) is 0. The van der Waals surface area contributed by atoms with Crippen LogP contribution in [-0.2, 0) is 0 Å². The van der Waals surface area contributed by atoms with Crippen molar-refractivity contribution in [3.63, 3.8) is 0 Å². The summed E-state index contributed by atoms with van der Waals surface area (Å²) in [5.41, 5.74) is 7.28. The third-order valence-electron chi connectivity index (χ3n) is 6.50. The standard InChI is InChI=1S/C17H35N/c1-12(2)15(7,8)17(11,13(3)18)16(9,10)14(4,5)6/h12H,3,18H2,1-2,4-11H3. The zero-order chi connectivity index (χ0) is 15.2. The number of allylic oxidation sites excluding steroid dienone is 1. The zero-order valence-corrected chi connectivity index (χ0v) is 14.4.